The lowest BCUT2D eigenvalue weighted by Gasteiger charge is -2.10. The van der Waals surface area contributed by atoms with Crippen molar-refractivity contribution >= 4 is 11.7 Å². The maximum atomic E-state index is 12.6. The quantitative estimate of drug-likeness (QED) is 0.626. The van der Waals surface area contributed by atoms with Crippen molar-refractivity contribution in [2.75, 3.05) is 12.3 Å². The van der Waals surface area contributed by atoms with E-state index in [0.29, 0.717) is 30.8 Å². The highest BCUT2D eigenvalue weighted by Crippen LogP contribution is 2.15. The fourth-order valence-corrected chi connectivity index (χ4v) is 2.86. The summed E-state index contributed by atoms with van der Waals surface area (Å²) >= 11 is 0. The Morgan fingerprint density at radius 2 is 1.89 bits per heavy atom. The standard InChI is InChI=1S/C21H22N4O2/c1-14-6-8-15(9-7-14)12-16-4-2-3-5-17(16)21(27)23-11-10-19-24-18(22)13-20(26)25-19/h2-9,13H,10-12H2,1H3,(H,23,27)(H3,22,24,25,26). The van der Waals surface area contributed by atoms with Crippen molar-refractivity contribution in [1.29, 1.82) is 0 Å². The monoisotopic (exact) mass is 362 g/mol. The van der Waals surface area contributed by atoms with Crippen LogP contribution < -0.4 is 16.6 Å². The Labute approximate surface area is 157 Å². The van der Waals surface area contributed by atoms with Crippen LogP contribution >= 0.6 is 0 Å². The first-order chi connectivity index (χ1) is 13.0. The number of amides is 1. The van der Waals surface area contributed by atoms with Crippen LogP contribution in [0.5, 0.6) is 0 Å². The molecule has 3 rings (SSSR count). The molecule has 6 heteroatoms. The zero-order valence-electron chi connectivity index (χ0n) is 15.2. The van der Waals surface area contributed by atoms with Gasteiger partial charge >= 0.3 is 0 Å². The summed E-state index contributed by atoms with van der Waals surface area (Å²) in [5.41, 5.74) is 9.24. The number of nitrogen functional groups attached to an aromatic ring is 1. The normalized spacial score (nSPS) is 10.6. The van der Waals surface area contributed by atoms with Gasteiger partial charge in [0, 0.05) is 24.6 Å². The van der Waals surface area contributed by atoms with Gasteiger partial charge in [0.15, 0.2) is 0 Å². The molecule has 27 heavy (non-hydrogen) atoms. The summed E-state index contributed by atoms with van der Waals surface area (Å²) in [4.78, 5) is 30.7. The van der Waals surface area contributed by atoms with Gasteiger partial charge in [0.25, 0.3) is 11.5 Å². The number of anilines is 1. The lowest BCUT2D eigenvalue weighted by Crippen LogP contribution is -2.27. The molecule has 0 unspecified atom stereocenters. The molecule has 0 fully saturated rings. The van der Waals surface area contributed by atoms with Crippen molar-refractivity contribution in [1.82, 2.24) is 15.3 Å². The largest absolute Gasteiger partial charge is 0.383 e. The van der Waals surface area contributed by atoms with Crippen LogP contribution in [0.1, 0.15) is 32.9 Å². The van der Waals surface area contributed by atoms with Crippen molar-refractivity contribution in [3.05, 3.63) is 93.0 Å². The van der Waals surface area contributed by atoms with E-state index >= 15 is 0 Å². The number of aryl methyl sites for hydroxylation is 1. The number of nitrogens with zero attached hydrogens (tertiary/aromatic N) is 1. The van der Waals surface area contributed by atoms with Crippen LogP contribution in [0, 0.1) is 6.92 Å². The van der Waals surface area contributed by atoms with E-state index in [0.717, 1.165) is 11.1 Å². The highest BCUT2D eigenvalue weighted by molar-refractivity contribution is 5.95. The Morgan fingerprint density at radius 1 is 1.15 bits per heavy atom. The summed E-state index contributed by atoms with van der Waals surface area (Å²) in [6.45, 7) is 2.40. The van der Waals surface area contributed by atoms with Crippen LogP contribution in [0.4, 0.5) is 5.82 Å². The van der Waals surface area contributed by atoms with Gasteiger partial charge in [0.05, 0.1) is 0 Å². The number of H-pyrrole nitrogens is 1. The third-order valence-corrected chi connectivity index (χ3v) is 4.24. The maximum Gasteiger partial charge on any atom is 0.252 e. The van der Waals surface area contributed by atoms with E-state index in [1.807, 2.05) is 31.2 Å². The number of carbonyl (C=O) groups is 1. The topological polar surface area (TPSA) is 101 Å². The number of aromatic nitrogens is 2. The summed E-state index contributed by atoms with van der Waals surface area (Å²) < 4.78 is 0. The molecule has 0 radical (unpaired) electrons. The SMILES string of the molecule is Cc1ccc(Cc2ccccc2C(=O)NCCc2nc(N)cc(=O)[nH]2)cc1. The molecule has 0 aliphatic carbocycles. The molecule has 1 heterocycles. The minimum atomic E-state index is -0.299. The summed E-state index contributed by atoms with van der Waals surface area (Å²) in [5.74, 6) is 0.473. The maximum absolute atomic E-state index is 12.6. The van der Waals surface area contributed by atoms with Crippen LogP contribution in [0.2, 0.25) is 0 Å². The van der Waals surface area contributed by atoms with Gasteiger partial charge < -0.3 is 16.0 Å². The average molecular weight is 362 g/mol. The van der Waals surface area contributed by atoms with Gasteiger partial charge in [0.1, 0.15) is 11.6 Å². The van der Waals surface area contributed by atoms with Gasteiger partial charge in [-0.05, 0) is 30.5 Å². The Balaban J connectivity index is 1.66. The van der Waals surface area contributed by atoms with Crippen molar-refractivity contribution in [2.45, 2.75) is 19.8 Å². The first-order valence-corrected chi connectivity index (χ1v) is 8.78. The lowest BCUT2D eigenvalue weighted by atomic mass is 9.98. The van der Waals surface area contributed by atoms with Crippen LogP contribution in [0.15, 0.2) is 59.4 Å². The zero-order chi connectivity index (χ0) is 19.2. The van der Waals surface area contributed by atoms with Crippen molar-refractivity contribution in [3.63, 3.8) is 0 Å². The highest BCUT2D eigenvalue weighted by atomic mass is 16.1. The predicted molar refractivity (Wildman–Crippen MR) is 106 cm³/mol. The summed E-state index contributed by atoms with van der Waals surface area (Å²) in [6, 6.07) is 17.1. The predicted octanol–water partition coefficient (Wildman–Crippen LogP) is 2.22. The molecule has 1 amide bonds. The van der Waals surface area contributed by atoms with E-state index in [4.69, 9.17) is 5.73 Å². The lowest BCUT2D eigenvalue weighted by molar-refractivity contribution is 0.0953. The van der Waals surface area contributed by atoms with E-state index < -0.39 is 0 Å². The second-order valence-corrected chi connectivity index (χ2v) is 6.44. The molecule has 0 spiro atoms. The molecule has 1 aromatic heterocycles. The second kappa shape index (κ2) is 8.31. The molecule has 3 aromatic rings. The van der Waals surface area contributed by atoms with E-state index in [2.05, 4.69) is 39.6 Å². The van der Waals surface area contributed by atoms with Gasteiger partial charge in [-0.15, -0.1) is 0 Å². The Morgan fingerprint density at radius 3 is 2.63 bits per heavy atom. The Kier molecular flexibility index (Phi) is 5.66. The van der Waals surface area contributed by atoms with E-state index in [9.17, 15) is 9.59 Å². The number of hydrogen-bond acceptors (Lipinski definition) is 4. The molecule has 0 bridgehead atoms. The van der Waals surface area contributed by atoms with Gasteiger partial charge in [0.2, 0.25) is 0 Å². The fraction of sp³-hybridized carbons (Fsp3) is 0.190. The molecule has 2 aromatic carbocycles. The number of benzene rings is 2. The molecule has 4 N–H and O–H groups in total. The molecule has 0 atom stereocenters. The van der Waals surface area contributed by atoms with Gasteiger partial charge in [-0.3, -0.25) is 9.59 Å². The van der Waals surface area contributed by atoms with Crippen molar-refractivity contribution < 1.29 is 4.79 Å². The first kappa shape index (κ1) is 18.4. The van der Waals surface area contributed by atoms with Crippen LogP contribution in [0.3, 0.4) is 0 Å². The Bertz CT molecular complexity index is 994. The Hall–Kier alpha value is -3.41. The van der Waals surface area contributed by atoms with Gasteiger partial charge in [-0.2, -0.15) is 0 Å². The van der Waals surface area contributed by atoms with Gasteiger partial charge in [-0.25, -0.2) is 4.98 Å². The summed E-state index contributed by atoms with van der Waals surface area (Å²) in [7, 11) is 0. The fourth-order valence-electron chi connectivity index (χ4n) is 2.86. The minimum absolute atomic E-state index is 0.149. The molecule has 0 saturated heterocycles. The molecule has 6 nitrogen and oxygen atoms in total. The first-order valence-electron chi connectivity index (χ1n) is 8.78. The van der Waals surface area contributed by atoms with Crippen molar-refractivity contribution in [2.24, 2.45) is 0 Å². The molecule has 0 aliphatic heterocycles. The highest BCUT2D eigenvalue weighted by Gasteiger charge is 2.11. The smallest absolute Gasteiger partial charge is 0.252 e. The average Bonchev–Trinajstić information content (AvgIpc) is 2.63. The molecule has 138 valence electrons. The van der Waals surface area contributed by atoms with E-state index in [1.165, 1.54) is 11.6 Å². The number of nitrogens with two attached hydrogens (primary N) is 1. The second-order valence-electron chi connectivity index (χ2n) is 6.44. The summed E-state index contributed by atoms with van der Waals surface area (Å²) in [6.07, 6.45) is 1.08. The molecular weight excluding hydrogens is 340 g/mol. The third kappa shape index (κ3) is 5.04. The molecular formula is C21H22N4O2. The number of nitrogens with one attached hydrogen (secondary N) is 2. The zero-order valence-corrected chi connectivity index (χ0v) is 15.2. The van der Waals surface area contributed by atoms with Crippen LogP contribution in [-0.2, 0) is 12.8 Å². The van der Waals surface area contributed by atoms with Crippen LogP contribution in [0.25, 0.3) is 0 Å². The third-order valence-electron chi connectivity index (χ3n) is 4.24. The summed E-state index contributed by atoms with van der Waals surface area (Å²) in [5, 5.41) is 2.88. The van der Waals surface area contributed by atoms with Gasteiger partial charge in [-0.1, -0.05) is 48.0 Å². The number of rotatable bonds is 6. The number of hydrogen-bond donors (Lipinski definition) is 3. The number of aromatic amines is 1. The number of carbonyl (C=O) groups excluding carboxylic acids is 1. The molecule has 0 aliphatic rings. The minimum Gasteiger partial charge on any atom is -0.383 e. The van der Waals surface area contributed by atoms with Crippen molar-refractivity contribution in [3.8, 4) is 0 Å². The molecule has 0 saturated carbocycles. The van der Waals surface area contributed by atoms with E-state index in [1.54, 1.807) is 0 Å². The van der Waals surface area contributed by atoms with Crippen LogP contribution in [-0.4, -0.2) is 22.4 Å². The van der Waals surface area contributed by atoms with E-state index in [-0.39, 0.29) is 17.3 Å².